The van der Waals surface area contributed by atoms with E-state index in [0.29, 0.717) is 6.61 Å². The van der Waals surface area contributed by atoms with E-state index in [-0.39, 0.29) is 11.9 Å². The first-order valence-corrected chi connectivity index (χ1v) is 5.03. The summed E-state index contributed by atoms with van der Waals surface area (Å²) in [7, 11) is 0. The molecule has 3 heterocycles. The number of carbonyl (C=O) groups excluding carboxylic acids is 1. The fraction of sp³-hybridized carbons (Fsp3) is 0.364. The summed E-state index contributed by atoms with van der Waals surface area (Å²) in [6.45, 7) is 0.510. The number of esters is 1. The molecule has 0 amide bonds. The van der Waals surface area contributed by atoms with Crippen LogP contribution in [0.15, 0.2) is 35.0 Å². The van der Waals surface area contributed by atoms with Crippen LogP contribution in [0.2, 0.25) is 0 Å². The highest BCUT2D eigenvalue weighted by Gasteiger charge is 2.36. The number of fused-ring (bicyclic) bond motifs is 2. The first-order valence-electron chi connectivity index (χ1n) is 5.03. The Morgan fingerprint density at radius 2 is 2.38 bits per heavy atom. The van der Waals surface area contributed by atoms with Gasteiger partial charge < -0.3 is 18.6 Å². The lowest BCUT2D eigenvalue weighted by Gasteiger charge is -2.22. The third-order valence-electron chi connectivity index (χ3n) is 2.48. The van der Waals surface area contributed by atoms with Crippen molar-refractivity contribution >= 4 is 5.97 Å². The van der Waals surface area contributed by atoms with E-state index in [9.17, 15) is 4.79 Å². The van der Waals surface area contributed by atoms with Gasteiger partial charge in [-0.1, -0.05) is 6.08 Å². The molecule has 5 nitrogen and oxygen atoms in total. The zero-order valence-electron chi connectivity index (χ0n) is 8.37. The average Bonchev–Trinajstić information content (AvgIpc) is 2.93. The molecule has 0 unspecified atom stereocenters. The molecule has 84 valence electrons. The van der Waals surface area contributed by atoms with Gasteiger partial charge in [-0.25, -0.2) is 4.79 Å². The van der Waals surface area contributed by atoms with E-state index in [4.69, 9.17) is 18.6 Å². The molecule has 2 aliphatic heterocycles. The molecule has 0 aromatic carbocycles. The number of hydrogen-bond acceptors (Lipinski definition) is 5. The molecular weight excluding hydrogens is 212 g/mol. The Morgan fingerprint density at radius 3 is 3.19 bits per heavy atom. The zero-order valence-corrected chi connectivity index (χ0v) is 8.37. The van der Waals surface area contributed by atoms with Crippen LogP contribution < -0.4 is 0 Å². The van der Waals surface area contributed by atoms with E-state index >= 15 is 0 Å². The van der Waals surface area contributed by atoms with Crippen LogP contribution in [-0.4, -0.2) is 31.1 Å². The van der Waals surface area contributed by atoms with Crippen molar-refractivity contribution in [3.8, 4) is 0 Å². The fourth-order valence-corrected chi connectivity index (χ4v) is 1.71. The summed E-state index contributed by atoms with van der Waals surface area (Å²) in [5, 5.41) is 0. The molecule has 0 N–H and O–H groups in total. The van der Waals surface area contributed by atoms with Crippen LogP contribution in [-0.2, 0) is 14.2 Å². The van der Waals surface area contributed by atoms with Gasteiger partial charge in [-0.3, -0.25) is 0 Å². The van der Waals surface area contributed by atoms with Crippen LogP contribution in [0.4, 0.5) is 0 Å². The lowest BCUT2D eigenvalue weighted by atomic mass is 10.2. The summed E-state index contributed by atoms with van der Waals surface area (Å²) in [5.74, 6) is -0.342. The Kier molecular flexibility index (Phi) is 2.27. The second-order valence-corrected chi connectivity index (χ2v) is 3.61. The molecule has 1 fully saturated rings. The molecule has 16 heavy (non-hydrogen) atoms. The Bertz CT molecular complexity index is 408. The van der Waals surface area contributed by atoms with Crippen molar-refractivity contribution in [3.63, 3.8) is 0 Å². The molecule has 1 aromatic heterocycles. The van der Waals surface area contributed by atoms with Gasteiger partial charge in [0, 0.05) is 0 Å². The van der Waals surface area contributed by atoms with Gasteiger partial charge in [-0.2, -0.15) is 0 Å². The summed E-state index contributed by atoms with van der Waals surface area (Å²) in [5.41, 5.74) is 0. The van der Waals surface area contributed by atoms with Crippen molar-refractivity contribution in [1.82, 2.24) is 0 Å². The van der Waals surface area contributed by atoms with E-state index < -0.39 is 18.4 Å². The van der Waals surface area contributed by atoms with E-state index in [1.807, 2.05) is 6.08 Å². The number of carbonyl (C=O) groups is 1. The van der Waals surface area contributed by atoms with Crippen molar-refractivity contribution in [1.29, 1.82) is 0 Å². The van der Waals surface area contributed by atoms with Crippen molar-refractivity contribution in [2.24, 2.45) is 0 Å². The van der Waals surface area contributed by atoms with Crippen molar-refractivity contribution in [2.45, 2.75) is 18.5 Å². The van der Waals surface area contributed by atoms with Crippen molar-refractivity contribution < 1.29 is 23.4 Å². The standard InChI is InChI=1S/C11H10O5/c12-10(8-2-1-5-13-8)16-9-4-3-7-6-14-11(9)15-7/h1-5,7,9,11H,6H2/t7-,9+,11+/m1/s1. The molecule has 3 atom stereocenters. The van der Waals surface area contributed by atoms with Gasteiger partial charge in [0.2, 0.25) is 5.76 Å². The van der Waals surface area contributed by atoms with Crippen LogP contribution in [0.1, 0.15) is 10.6 Å². The quantitative estimate of drug-likeness (QED) is 0.554. The van der Waals surface area contributed by atoms with Crippen LogP contribution in [0.5, 0.6) is 0 Å². The summed E-state index contributed by atoms with van der Waals surface area (Å²) in [6, 6.07) is 3.18. The fourth-order valence-electron chi connectivity index (χ4n) is 1.71. The summed E-state index contributed by atoms with van der Waals surface area (Å²) in [4.78, 5) is 11.6. The number of ether oxygens (including phenoxy) is 3. The van der Waals surface area contributed by atoms with Crippen LogP contribution in [0, 0.1) is 0 Å². The maximum Gasteiger partial charge on any atom is 0.374 e. The maximum absolute atomic E-state index is 11.6. The Labute approximate surface area is 91.6 Å². The summed E-state index contributed by atoms with van der Waals surface area (Å²) >= 11 is 0. The minimum absolute atomic E-state index is 0.0106. The third-order valence-corrected chi connectivity index (χ3v) is 2.48. The van der Waals surface area contributed by atoms with E-state index in [1.165, 1.54) is 6.26 Å². The molecule has 3 rings (SSSR count). The topological polar surface area (TPSA) is 57.9 Å². The highest BCUT2D eigenvalue weighted by molar-refractivity contribution is 5.86. The summed E-state index contributed by atoms with van der Waals surface area (Å²) < 4.78 is 20.9. The highest BCUT2D eigenvalue weighted by Crippen LogP contribution is 2.24. The normalized spacial score (nSPS) is 31.6. The van der Waals surface area contributed by atoms with Crippen LogP contribution in [0.3, 0.4) is 0 Å². The number of hydrogen-bond donors (Lipinski definition) is 0. The first-order chi connectivity index (χ1) is 7.83. The van der Waals surface area contributed by atoms with Gasteiger partial charge in [0.1, 0.15) is 6.10 Å². The largest absolute Gasteiger partial charge is 0.457 e. The van der Waals surface area contributed by atoms with Gasteiger partial charge in [-0.15, -0.1) is 0 Å². The molecule has 5 heteroatoms. The SMILES string of the molecule is O=C(O[C@H]1C=C[C@@H]2CO[C@H]1O2)c1ccco1. The predicted molar refractivity (Wildman–Crippen MR) is 51.7 cm³/mol. The Balaban J connectivity index is 1.69. The van der Waals surface area contributed by atoms with E-state index in [0.717, 1.165) is 0 Å². The second-order valence-electron chi connectivity index (χ2n) is 3.61. The van der Waals surface area contributed by atoms with Crippen LogP contribution in [0.25, 0.3) is 0 Å². The first kappa shape index (κ1) is 9.62. The lowest BCUT2D eigenvalue weighted by molar-refractivity contribution is -0.120. The van der Waals surface area contributed by atoms with E-state index in [1.54, 1.807) is 18.2 Å². The van der Waals surface area contributed by atoms with Gasteiger partial charge >= 0.3 is 5.97 Å². The zero-order chi connectivity index (χ0) is 11.0. The minimum Gasteiger partial charge on any atom is -0.457 e. The number of furan rings is 1. The molecule has 0 radical (unpaired) electrons. The summed E-state index contributed by atoms with van der Waals surface area (Å²) in [6.07, 6.45) is 4.04. The maximum atomic E-state index is 11.6. The van der Waals surface area contributed by atoms with Gasteiger partial charge in [0.25, 0.3) is 0 Å². The molecule has 0 aliphatic carbocycles. The van der Waals surface area contributed by atoms with Crippen LogP contribution >= 0.6 is 0 Å². The molecule has 2 bridgehead atoms. The Hall–Kier alpha value is -1.59. The third kappa shape index (κ3) is 1.64. The molecule has 0 saturated carbocycles. The van der Waals surface area contributed by atoms with Gasteiger partial charge in [0.05, 0.1) is 12.9 Å². The molecule has 1 saturated heterocycles. The molecule has 0 spiro atoms. The molecule has 2 aliphatic rings. The highest BCUT2D eigenvalue weighted by atomic mass is 16.7. The van der Waals surface area contributed by atoms with E-state index in [2.05, 4.69) is 0 Å². The monoisotopic (exact) mass is 222 g/mol. The van der Waals surface area contributed by atoms with Gasteiger partial charge in [-0.05, 0) is 18.2 Å². The second kappa shape index (κ2) is 3.77. The average molecular weight is 222 g/mol. The molecule has 1 aromatic rings. The van der Waals surface area contributed by atoms with Crippen molar-refractivity contribution in [2.75, 3.05) is 6.61 Å². The van der Waals surface area contributed by atoms with Crippen molar-refractivity contribution in [3.05, 3.63) is 36.3 Å². The molecular formula is C11H10O5. The minimum atomic E-state index is -0.516. The smallest absolute Gasteiger partial charge is 0.374 e. The number of rotatable bonds is 2. The lowest BCUT2D eigenvalue weighted by Crippen LogP contribution is -2.33. The Morgan fingerprint density at radius 1 is 1.44 bits per heavy atom. The predicted octanol–water partition coefficient (Wildman–Crippen LogP) is 1.12. The van der Waals surface area contributed by atoms with Gasteiger partial charge in [0.15, 0.2) is 12.4 Å².